The molecule has 0 unspecified atom stereocenters. The van der Waals surface area contributed by atoms with E-state index in [9.17, 15) is 8.78 Å². The fraction of sp³-hybridized carbons (Fsp3) is 0.300. The largest absolute Gasteiger partial charge is 0.389 e. The maximum Gasteiger partial charge on any atom is 0.255 e. The Hall–Kier alpha value is -0.750. The highest BCUT2D eigenvalue weighted by atomic mass is 79.9. The van der Waals surface area contributed by atoms with Crippen molar-refractivity contribution in [1.29, 1.82) is 0 Å². The van der Waals surface area contributed by atoms with Gasteiger partial charge in [0, 0.05) is 22.8 Å². The first-order valence-electron chi connectivity index (χ1n) is 4.50. The van der Waals surface area contributed by atoms with E-state index in [1.165, 1.54) is 4.90 Å². The van der Waals surface area contributed by atoms with Crippen molar-refractivity contribution in [2.75, 3.05) is 18.5 Å². The topological polar surface area (TPSA) is 29.3 Å². The minimum atomic E-state index is -2.36. The number of benzene rings is 1. The number of halogens is 3. The van der Waals surface area contributed by atoms with Crippen LogP contribution in [-0.2, 0) is 0 Å². The molecule has 6 heteroatoms. The normalized spacial score (nSPS) is 10.6. The molecule has 0 aliphatic carbocycles. The van der Waals surface area contributed by atoms with Gasteiger partial charge in [0.25, 0.3) is 6.43 Å². The maximum absolute atomic E-state index is 12.2. The monoisotopic (exact) mass is 308 g/mol. The van der Waals surface area contributed by atoms with Crippen LogP contribution in [-0.4, -0.2) is 25.0 Å². The predicted octanol–water partition coefficient (Wildman–Crippen LogP) is 2.78. The predicted molar refractivity (Wildman–Crippen MR) is 69.3 cm³/mol. The maximum atomic E-state index is 12.2. The van der Waals surface area contributed by atoms with Crippen molar-refractivity contribution in [3.8, 4) is 0 Å². The fourth-order valence-electron chi connectivity index (χ4n) is 1.25. The van der Waals surface area contributed by atoms with Crippen LogP contribution < -0.4 is 10.6 Å². The van der Waals surface area contributed by atoms with Gasteiger partial charge in [-0.15, -0.1) is 0 Å². The molecular weight excluding hydrogens is 298 g/mol. The van der Waals surface area contributed by atoms with E-state index in [2.05, 4.69) is 15.9 Å². The van der Waals surface area contributed by atoms with E-state index in [-0.39, 0.29) is 11.5 Å². The second-order valence-electron chi connectivity index (χ2n) is 3.30. The average Bonchev–Trinajstić information content (AvgIpc) is 2.15. The lowest BCUT2D eigenvalue weighted by Crippen LogP contribution is -2.24. The van der Waals surface area contributed by atoms with Gasteiger partial charge >= 0.3 is 0 Å². The highest BCUT2D eigenvalue weighted by Crippen LogP contribution is 2.23. The highest BCUT2D eigenvalue weighted by Gasteiger charge is 2.10. The van der Waals surface area contributed by atoms with E-state index in [0.29, 0.717) is 15.7 Å². The Morgan fingerprint density at radius 2 is 2.19 bits per heavy atom. The number of alkyl halides is 2. The minimum absolute atomic E-state index is 0.273. The van der Waals surface area contributed by atoms with E-state index in [4.69, 9.17) is 18.0 Å². The number of hydrogen-bond donors (Lipinski definition) is 1. The third-order valence-electron chi connectivity index (χ3n) is 2.07. The van der Waals surface area contributed by atoms with Gasteiger partial charge in [-0.25, -0.2) is 8.78 Å². The quantitative estimate of drug-likeness (QED) is 0.867. The molecule has 0 fully saturated rings. The lowest BCUT2D eigenvalue weighted by atomic mass is 10.2. The van der Waals surface area contributed by atoms with Crippen LogP contribution in [0.4, 0.5) is 14.5 Å². The summed E-state index contributed by atoms with van der Waals surface area (Å²) in [5.74, 6) is 0. The van der Waals surface area contributed by atoms with Crippen molar-refractivity contribution in [1.82, 2.24) is 0 Å². The molecule has 2 N–H and O–H groups in total. The van der Waals surface area contributed by atoms with Crippen LogP contribution in [0.1, 0.15) is 5.56 Å². The molecule has 0 spiro atoms. The molecule has 1 rings (SSSR count). The molecule has 0 aromatic heterocycles. The molecule has 0 bridgehead atoms. The van der Waals surface area contributed by atoms with Gasteiger partial charge in [-0.2, -0.15) is 0 Å². The molecule has 2 nitrogen and oxygen atoms in total. The van der Waals surface area contributed by atoms with Crippen molar-refractivity contribution in [2.24, 2.45) is 5.73 Å². The Morgan fingerprint density at radius 1 is 1.56 bits per heavy atom. The summed E-state index contributed by atoms with van der Waals surface area (Å²) in [7, 11) is 1.61. The number of thiocarbonyl (C=S) groups is 1. The van der Waals surface area contributed by atoms with E-state index in [1.54, 1.807) is 25.2 Å². The average molecular weight is 309 g/mol. The number of nitrogens with zero attached hydrogens (tertiary/aromatic N) is 1. The fourth-order valence-corrected chi connectivity index (χ4v) is 2.14. The van der Waals surface area contributed by atoms with Crippen molar-refractivity contribution in [3.63, 3.8) is 0 Å². The highest BCUT2D eigenvalue weighted by molar-refractivity contribution is 9.10. The first kappa shape index (κ1) is 13.3. The summed E-state index contributed by atoms with van der Waals surface area (Å²) in [6.45, 7) is -0.307. The molecule has 88 valence electrons. The smallest absolute Gasteiger partial charge is 0.255 e. The summed E-state index contributed by atoms with van der Waals surface area (Å²) in [6, 6.07) is 5.14. The van der Waals surface area contributed by atoms with Crippen molar-refractivity contribution in [3.05, 3.63) is 28.2 Å². The third kappa shape index (κ3) is 3.38. The van der Waals surface area contributed by atoms with E-state index in [0.717, 1.165) is 0 Å². The Bertz CT molecular complexity index is 398. The van der Waals surface area contributed by atoms with Gasteiger partial charge in [0.2, 0.25) is 0 Å². The van der Waals surface area contributed by atoms with Crippen LogP contribution in [0.15, 0.2) is 22.7 Å². The van der Waals surface area contributed by atoms with Crippen molar-refractivity contribution < 1.29 is 8.78 Å². The van der Waals surface area contributed by atoms with Crippen LogP contribution in [0.25, 0.3) is 0 Å². The molecule has 0 aliphatic heterocycles. The zero-order chi connectivity index (χ0) is 12.3. The number of anilines is 1. The van der Waals surface area contributed by atoms with Gasteiger partial charge in [0.15, 0.2) is 0 Å². The zero-order valence-electron chi connectivity index (χ0n) is 8.58. The molecule has 1 aromatic carbocycles. The lowest BCUT2D eigenvalue weighted by molar-refractivity contribution is 0.156. The van der Waals surface area contributed by atoms with Crippen LogP contribution in [0, 0.1) is 0 Å². The Balaban J connectivity index is 2.92. The van der Waals surface area contributed by atoms with Crippen LogP contribution in [0.2, 0.25) is 0 Å². The van der Waals surface area contributed by atoms with E-state index in [1.807, 2.05) is 0 Å². The second kappa shape index (κ2) is 5.54. The summed E-state index contributed by atoms with van der Waals surface area (Å²) in [6.07, 6.45) is -2.36. The van der Waals surface area contributed by atoms with Crippen molar-refractivity contribution >= 4 is 38.8 Å². The first-order valence-corrected chi connectivity index (χ1v) is 5.70. The second-order valence-corrected chi connectivity index (χ2v) is 4.59. The molecule has 0 heterocycles. The van der Waals surface area contributed by atoms with Gasteiger partial charge in [-0.1, -0.05) is 12.2 Å². The van der Waals surface area contributed by atoms with Crippen LogP contribution in [0.5, 0.6) is 0 Å². The molecule has 0 saturated heterocycles. The number of rotatable bonds is 4. The van der Waals surface area contributed by atoms with E-state index >= 15 is 0 Å². The van der Waals surface area contributed by atoms with Crippen LogP contribution in [0.3, 0.4) is 0 Å². The Kier molecular flexibility index (Phi) is 4.61. The molecule has 0 radical (unpaired) electrons. The number of hydrogen-bond acceptors (Lipinski definition) is 2. The molecule has 0 saturated carbocycles. The van der Waals surface area contributed by atoms with Gasteiger partial charge in [-0.05, 0) is 34.1 Å². The molecule has 0 aliphatic rings. The standard InChI is InChI=1S/C10H11BrF2N2S/c1-15(5-9(12)13)6-2-3-7(10(14)16)8(11)4-6/h2-4,9H,5H2,1H3,(H2,14,16). The van der Waals surface area contributed by atoms with Crippen molar-refractivity contribution in [2.45, 2.75) is 6.43 Å². The summed E-state index contributed by atoms with van der Waals surface area (Å²) in [5, 5.41) is 0. The summed E-state index contributed by atoms with van der Waals surface area (Å²) >= 11 is 8.14. The minimum Gasteiger partial charge on any atom is -0.389 e. The van der Waals surface area contributed by atoms with Crippen LogP contribution >= 0.6 is 28.1 Å². The molecule has 16 heavy (non-hydrogen) atoms. The summed E-state index contributed by atoms with van der Waals surface area (Å²) in [4.78, 5) is 1.74. The van der Waals surface area contributed by atoms with Gasteiger partial charge < -0.3 is 10.6 Å². The van der Waals surface area contributed by atoms with E-state index < -0.39 is 6.43 Å². The Morgan fingerprint density at radius 3 is 2.62 bits per heavy atom. The van der Waals surface area contributed by atoms with Gasteiger partial charge in [-0.3, -0.25) is 0 Å². The zero-order valence-corrected chi connectivity index (χ0v) is 11.0. The SMILES string of the molecule is CN(CC(F)F)c1ccc(C(N)=S)c(Br)c1. The Labute approximate surface area is 107 Å². The molecular formula is C10H11BrF2N2S. The van der Waals surface area contributed by atoms with Gasteiger partial charge in [0.1, 0.15) is 4.99 Å². The number of nitrogens with two attached hydrogens (primary N) is 1. The molecule has 0 atom stereocenters. The molecule has 1 aromatic rings. The lowest BCUT2D eigenvalue weighted by Gasteiger charge is -2.19. The van der Waals surface area contributed by atoms with Gasteiger partial charge in [0.05, 0.1) is 6.54 Å². The molecule has 0 amide bonds. The summed E-state index contributed by atoms with van der Waals surface area (Å²) in [5.41, 5.74) is 6.87. The first-order chi connectivity index (χ1) is 7.41. The summed E-state index contributed by atoms with van der Waals surface area (Å²) < 4.78 is 25.1. The third-order valence-corrected chi connectivity index (χ3v) is 2.95.